The molecular weight excluding hydrogens is 252 g/mol. The normalized spacial score (nSPS) is 8.31. The second kappa shape index (κ2) is 6.71. The molecule has 0 bridgehead atoms. The van der Waals surface area contributed by atoms with Crippen LogP contribution < -0.4 is 21.5 Å². The fraction of sp³-hybridized carbons (Fsp3) is 0.250. The van der Waals surface area contributed by atoms with Gasteiger partial charge < -0.3 is 22.1 Å². The van der Waals surface area contributed by atoms with Crippen molar-refractivity contribution < 1.29 is 26.7 Å². The highest BCUT2D eigenvalue weighted by atomic mass is 79.9. The summed E-state index contributed by atoms with van der Waals surface area (Å²) in [5.74, 6) is 0.254. The number of aliphatic imine (C=N–C) groups is 1. The van der Waals surface area contributed by atoms with Crippen LogP contribution in [0.3, 0.4) is 0 Å². The summed E-state index contributed by atoms with van der Waals surface area (Å²) in [5.41, 5.74) is 0. The van der Waals surface area contributed by atoms with Gasteiger partial charge in [0.1, 0.15) is 6.54 Å². The van der Waals surface area contributed by atoms with Gasteiger partial charge in [0, 0.05) is 6.07 Å². The number of hydrogen-bond acceptors (Lipinski definition) is 3. The largest absolute Gasteiger partial charge is 1.00 e. The van der Waals surface area contributed by atoms with Crippen LogP contribution in [0.2, 0.25) is 0 Å². The van der Waals surface area contributed by atoms with Gasteiger partial charge in [-0.15, -0.1) is 0 Å². The minimum absolute atomic E-state index is 0. The molecule has 1 heterocycles. The number of isothiocyanates is 1. The fourth-order valence-corrected chi connectivity index (χ4v) is 0.950. The Morgan fingerprint density at radius 2 is 2.38 bits per heavy atom. The second-order valence-electron chi connectivity index (χ2n) is 2.27. The van der Waals surface area contributed by atoms with Crippen LogP contribution in [0.15, 0.2) is 29.5 Å². The fourth-order valence-electron chi connectivity index (χ4n) is 0.858. The predicted molar refractivity (Wildman–Crippen MR) is 48.2 cm³/mol. The molecule has 1 aromatic rings. The van der Waals surface area contributed by atoms with E-state index in [9.17, 15) is 0 Å². The van der Waals surface area contributed by atoms with Gasteiger partial charge in [-0.2, -0.15) is 4.57 Å². The second-order valence-corrected chi connectivity index (χ2v) is 2.46. The van der Waals surface area contributed by atoms with Crippen molar-refractivity contribution in [3.8, 4) is 5.75 Å². The molecule has 0 spiro atoms. The number of halogens is 1. The summed E-state index contributed by atoms with van der Waals surface area (Å²) in [6.07, 6.45) is 3.50. The molecule has 13 heavy (non-hydrogen) atoms. The van der Waals surface area contributed by atoms with Crippen molar-refractivity contribution >= 4 is 17.4 Å². The maximum atomic E-state index is 9.08. The zero-order chi connectivity index (χ0) is 8.81. The lowest BCUT2D eigenvalue weighted by atomic mass is 10.4. The molecule has 0 amide bonds. The molecular formula is C8H9BrN2OS. The Morgan fingerprint density at radius 3 is 3.00 bits per heavy atom. The van der Waals surface area contributed by atoms with Crippen LogP contribution in [0.1, 0.15) is 0 Å². The molecule has 3 nitrogen and oxygen atoms in total. The van der Waals surface area contributed by atoms with E-state index in [1.54, 1.807) is 18.3 Å². The SMILES string of the molecule is Oc1ccc[n+](CCN=C=S)c1.[Br-]. The molecule has 5 heteroatoms. The van der Waals surface area contributed by atoms with Crippen molar-refractivity contribution in [2.45, 2.75) is 6.54 Å². The minimum Gasteiger partial charge on any atom is -1.00 e. The molecule has 1 aromatic heterocycles. The third-order valence-corrected chi connectivity index (χ3v) is 1.51. The maximum Gasteiger partial charge on any atom is 0.211 e. The maximum absolute atomic E-state index is 9.08. The van der Waals surface area contributed by atoms with Crippen molar-refractivity contribution in [3.63, 3.8) is 0 Å². The summed E-state index contributed by atoms with van der Waals surface area (Å²) < 4.78 is 1.84. The standard InChI is InChI=1S/C8H8N2OS.BrH/c11-8-2-1-4-10(6-8)5-3-9-7-12;/h1-2,4,6H,3,5H2;1H. The third-order valence-electron chi connectivity index (χ3n) is 1.38. The van der Waals surface area contributed by atoms with E-state index in [2.05, 4.69) is 22.4 Å². The molecule has 0 aromatic carbocycles. The van der Waals surface area contributed by atoms with Gasteiger partial charge in [0.05, 0.1) is 5.16 Å². The Hall–Kier alpha value is -0.770. The first kappa shape index (κ1) is 12.2. The van der Waals surface area contributed by atoms with E-state index < -0.39 is 0 Å². The molecule has 70 valence electrons. The van der Waals surface area contributed by atoms with Crippen molar-refractivity contribution in [2.75, 3.05) is 6.54 Å². The Morgan fingerprint density at radius 1 is 1.62 bits per heavy atom. The lowest BCUT2D eigenvalue weighted by Gasteiger charge is -1.92. The van der Waals surface area contributed by atoms with Crippen LogP contribution in [0, 0.1) is 0 Å². The smallest absolute Gasteiger partial charge is 0.211 e. The Balaban J connectivity index is 0.00000144. The molecule has 0 aliphatic rings. The molecule has 0 radical (unpaired) electrons. The van der Waals surface area contributed by atoms with Crippen molar-refractivity contribution in [1.29, 1.82) is 0 Å². The van der Waals surface area contributed by atoms with Crippen LogP contribution in [0.4, 0.5) is 0 Å². The highest BCUT2D eigenvalue weighted by molar-refractivity contribution is 7.78. The molecule has 0 fully saturated rings. The number of hydrogen-bond donors (Lipinski definition) is 1. The highest BCUT2D eigenvalue weighted by Gasteiger charge is 1.98. The quantitative estimate of drug-likeness (QED) is 0.380. The van der Waals surface area contributed by atoms with Gasteiger partial charge in [-0.25, -0.2) is 4.99 Å². The summed E-state index contributed by atoms with van der Waals surface area (Å²) in [5, 5.41) is 11.4. The first-order valence-corrected chi connectivity index (χ1v) is 3.95. The van der Waals surface area contributed by atoms with Gasteiger partial charge in [0.2, 0.25) is 6.20 Å². The Bertz CT molecular complexity index is 313. The van der Waals surface area contributed by atoms with Crippen LogP contribution in [-0.2, 0) is 6.54 Å². The molecule has 0 aliphatic heterocycles. The zero-order valence-electron chi connectivity index (χ0n) is 6.85. The van der Waals surface area contributed by atoms with Crippen LogP contribution in [0.25, 0.3) is 0 Å². The van der Waals surface area contributed by atoms with Gasteiger partial charge >= 0.3 is 0 Å². The van der Waals surface area contributed by atoms with E-state index in [1.807, 2.05) is 10.8 Å². The monoisotopic (exact) mass is 260 g/mol. The average Bonchev–Trinajstić information content (AvgIpc) is 2.05. The van der Waals surface area contributed by atoms with Crippen LogP contribution >= 0.6 is 12.2 Å². The predicted octanol–water partition coefficient (Wildman–Crippen LogP) is -2.21. The van der Waals surface area contributed by atoms with Gasteiger partial charge in [-0.1, -0.05) is 0 Å². The number of thiocarbonyl (C=S) groups is 1. The summed E-state index contributed by atoms with van der Waals surface area (Å²) in [6, 6.07) is 3.40. The molecule has 0 atom stereocenters. The summed E-state index contributed by atoms with van der Waals surface area (Å²) in [4.78, 5) is 3.76. The Kier molecular flexibility index (Phi) is 6.32. The van der Waals surface area contributed by atoms with E-state index in [4.69, 9.17) is 5.11 Å². The Labute approximate surface area is 92.5 Å². The first-order chi connectivity index (χ1) is 5.83. The van der Waals surface area contributed by atoms with Crippen molar-refractivity contribution in [3.05, 3.63) is 24.5 Å². The lowest BCUT2D eigenvalue weighted by molar-refractivity contribution is -0.694. The van der Waals surface area contributed by atoms with Crippen molar-refractivity contribution in [1.82, 2.24) is 0 Å². The molecule has 1 N–H and O–H groups in total. The number of pyridine rings is 1. The summed E-state index contributed by atoms with van der Waals surface area (Å²) >= 11 is 4.42. The van der Waals surface area contributed by atoms with Gasteiger partial charge in [-0.3, -0.25) is 0 Å². The molecule has 0 aliphatic carbocycles. The van der Waals surface area contributed by atoms with Crippen molar-refractivity contribution in [2.24, 2.45) is 4.99 Å². The van der Waals surface area contributed by atoms with E-state index in [0.29, 0.717) is 13.1 Å². The topological polar surface area (TPSA) is 36.5 Å². The number of nitrogens with zero attached hydrogens (tertiary/aromatic N) is 2. The minimum atomic E-state index is 0. The molecule has 1 rings (SSSR count). The number of rotatable bonds is 3. The van der Waals surface area contributed by atoms with E-state index in [1.165, 1.54) is 0 Å². The van der Waals surface area contributed by atoms with Gasteiger partial charge in [0.15, 0.2) is 18.5 Å². The molecule has 0 saturated heterocycles. The third kappa shape index (κ3) is 4.72. The van der Waals surface area contributed by atoms with Gasteiger partial charge in [0.25, 0.3) is 0 Å². The molecule has 0 unspecified atom stereocenters. The van der Waals surface area contributed by atoms with E-state index in [-0.39, 0.29) is 22.7 Å². The average molecular weight is 261 g/mol. The van der Waals surface area contributed by atoms with E-state index in [0.717, 1.165) is 0 Å². The number of aromatic hydroxyl groups is 1. The van der Waals surface area contributed by atoms with Crippen LogP contribution in [0.5, 0.6) is 5.75 Å². The first-order valence-electron chi connectivity index (χ1n) is 3.54. The zero-order valence-corrected chi connectivity index (χ0v) is 9.25. The van der Waals surface area contributed by atoms with E-state index >= 15 is 0 Å². The summed E-state index contributed by atoms with van der Waals surface area (Å²) in [7, 11) is 0. The lowest BCUT2D eigenvalue weighted by Crippen LogP contribution is -3.00. The highest BCUT2D eigenvalue weighted by Crippen LogP contribution is 1.99. The number of aromatic nitrogens is 1. The van der Waals surface area contributed by atoms with Crippen LogP contribution in [-0.4, -0.2) is 16.8 Å². The summed E-state index contributed by atoms with van der Waals surface area (Å²) in [6.45, 7) is 1.30. The molecule has 0 saturated carbocycles. The van der Waals surface area contributed by atoms with Gasteiger partial charge in [-0.05, 0) is 18.3 Å².